The van der Waals surface area contributed by atoms with Gasteiger partial charge in [-0.15, -0.1) is 0 Å². The molecular formula is C13H13BrF3NOS. The highest BCUT2D eigenvalue weighted by Crippen LogP contribution is 2.32. The van der Waals surface area contributed by atoms with E-state index in [9.17, 15) is 18.0 Å². The number of rotatable bonds is 3. The number of hydrogen-bond donors (Lipinski definition) is 1. The molecular weight excluding hydrogens is 355 g/mol. The molecule has 1 aliphatic rings. The number of thioether (sulfide) groups is 1. The zero-order valence-electron chi connectivity index (χ0n) is 10.5. The lowest BCUT2D eigenvalue weighted by Gasteiger charge is -2.13. The standard InChI is InChI=1S/C13H13BrF3NOS/c14-11-2-1-9(13(15,16)17)5-10(11)12(19)18-6-8-3-4-20-7-8/h1-2,5,8H,3-4,6-7H2,(H,18,19). The Bertz CT molecular complexity index is 501. The van der Waals surface area contributed by atoms with Gasteiger partial charge < -0.3 is 5.32 Å². The normalized spacial score (nSPS) is 19.1. The molecule has 0 aliphatic carbocycles. The second kappa shape index (κ2) is 6.39. The van der Waals surface area contributed by atoms with E-state index in [4.69, 9.17) is 0 Å². The van der Waals surface area contributed by atoms with Gasteiger partial charge in [-0.25, -0.2) is 0 Å². The fraction of sp³-hybridized carbons (Fsp3) is 0.462. The molecule has 1 aliphatic heterocycles. The van der Waals surface area contributed by atoms with Crippen molar-refractivity contribution in [3.63, 3.8) is 0 Å². The number of carbonyl (C=O) groups excluding carboxylic acids is 1. The Kier molecular flexibility index (Phi) is 5.01. The van der Waals surface area contributed by atoms with Crippen LogP contribution in [-0.4, -0.2) is 24.0 Å². The van der Waals surface area contributed by atoms with Gasteiger partial charge in [0.15, 0.2) is 0 Å². The highest BCUT2D eigenvalue weighted by atomic mass is 79.9. The van der Waals surface area contributed by atoms with Crippen molar-refractivity contribution in [3.8, 4) is 0 Å². The first kappa shape index (κ1) is 15.7. The summed E-state index contributed by atoms with van der Waals surface area (Å²) in [6, 6.07) is 3.08. The Morgan fingerprint density at radius 2 is 2.20 bits per heavy atom. The van der Waals surface area contributed by atoms with Crippen molar-refractivity contribution in [2.75, 3.05) is 18.1 Å². The van der Waals surface area contributed by atoms with Gasteiger partial charge in [0.25, 0.3) is 5.91 Å². The molecule has 1 amide bonds. The molecule has 1 aromatic rings. The van der Waals surface area contributed by atoms with E-state index in [1.807, 2.05) is 11.8 Å². The van der Waals surface area contributed by atoms with Gasteiger partial charge in [0.05, 0.1) is 11.1 Å². The van der Waals surface area contributed by atoms with E-state index >= 15 is 0 Å². The van der Waals surface area contributed by atoms with Crippen LogP contribution in [0.2, 0.25) is 0 Å². The van der Waals surface area contributed by atoms with Gasteiger partial charge in [0.1, 0.15) is 0 Å². The summed E-state index contributed by atoms with van der Waals surface area (Å²) in [5.74, 6) is 2.01. The average molecular weight is 368 g/mol. The first-order valence-corrected chi connectivity index (χ1v) is 8.05. The lowest BCUT2D eigenvalue weighted by molar-refractivity contribution is -0.137. The number of hydrogen-bond acceptors (Lipinski definition) is 2. The van der Waals surface area contributed by atoms with Crippen molar-refractivity contribution >= 4 is 33.6 Å². The lowest BCUT2D eigenvalue weighted by atomic mass is 10.1. The molecule has 0 aromatic heterocycles. The Balaban J connectivity index is 2.08. The van der Waals surface area contributed by atoms with Crippen LogP contribution in [-0.2, 0) is 6.18 Å². The minimum atomic E-state index is -4.45. The van der Waals surface area contributed by atoms with Crippen LogP contribution in [0.3, 0.4) is 0 Å². The summed E-state index contributed by atoms with van der Waals surface area (Å²) in [6.45, 7) is 0.508. The first-order chi connectivity index (χ1) is 9.38. The van der Waals surface area contributed by atoms with Crippen molar-refractivity contribution in [2.45, 2.75) is 12.6 Å². The largest absolute Gasteiger partial charge is 0.416 e. The Morgan fingerprint density at radius 1 is 1.45 bits per heavy atom. The van der Waals surface area contributed by atoms with E-state index in [0.717, 1.165) is 30.1 Å². The smallest absolute Gasteiger partial charge is 0.352 e. The van der Waals surface area contributed by atoms with Crippen LogP contribution >= 0.6 is 27.7 Å². The molecule has 0 saturated carbocycles. The molecule has 1 unspecified atom stereocenters. The molecule has 2 nitrogen and oxygen atoms in total. The van der Waals surface area contributed by atoms with Crippen LogP contribution < -0.4 is 5.32 Å². The lowest BCUT2D eigenvalue weighted by Crippen LogP contribution is -2.29. The predicted molar refractivity (Wildman–Crippen MR) is 76.9 cm³/mol. The molecule has 0 spiro atoms. The summed E-state index contributed by atoms with van der Waals surface area (Å²) in [4.78, 5) is 12.0. The Hall–Kier alpha value is -0.690. The molecule has 1 aromatic carbocycles. The predicted octanol–water partition coefficient (Wildman–Crippen LogP) is 3.95. The maximum Gasteiger partial charge on any atom is 0.416 e. The van der Waals surface area contributed by atoms with E-state index in [1.54, 1.807) is 0 Å². The van der Waals surface area contributed by atoms with E-state index in [2.05, 4.69) is 21.2 Å². The first-order valence-electron chi connectivity index (χ1n) is 6.10. The number of nitrogens with one attached hydrogen (secondary N) is 1. The molecule has 7 heteroatoms. The van der Waals surface area contributed by atoms with Crippen LogP contribution in [0.4, 0.5) is 13.2 Å². The second-order valence-electron chi connectivity index (χ2n) is 4.63. The van der Waals surface area contributed by atoms with Crippen molar-refractivity contribution in [1.29, 1.82) is 0 Å². The van der Waals surface area contributed by atoms with Gasteiger partial charge in [-0.05, 0) is 58.0 Å². The van der Waals surface area contributed by atoms with Gasteiger partial charge in [-0.2, -0.15) is 24.9 Å². The molecule has 2 rings (SSSR count). The number of amides is 1. The van der Waals surface area contributed by atoms with E-state index in [1.165, 1.54) is 6.07 Å². The van der Waals surface area contributed by atoms with Crippen LogP contribution in [0.25, 0.3) is 0 Å². The molecule has 110 valence electrons. The zero-order chi connectivity index (χ0) is 14.8. The van der Waals surface area contributed by atoms with Crippen LogP contribution in [0.5, 0.6) is 0 Å². The average Bonchev–Trinajstić information content (AvgIpc) is 2.88. The number of alkyl halides is 3. The minimum absolute atomic E-state index is 0.0190. The van der Waals surface area contributed by atoms with E-state index in [0.29, 0.717) is 16.9 Å². The third-order valence-corrected chi connectivity index (χ3v) is 5.04. The van der Waals surface area contributed by atoms with Crippen molar-refractivity contribution in [2.24, 2.45) is 5.92 Å². The van der Waals surface area contributed by atoms with Gasteiger partial charge in [-0.3, -0.25) is 4.79 Å². The fourth-order valence-corrected chi connectivity index (χ4v) is 3.66. The summed E-state index contributed by atoms with van der Waals surface area (Å²) >= 11 is 4.95. The van der Waals surface area contributed by atoms with Gasteiger partial charge in [0.2, 0.25) is 0 Å². The van der Waals surface area contributed by atoms with Gasteiger partial charge >= 0.3 is 6.18 Å². The monoisotopic (exact) mass is 367 g/mol. The number of benzene rings is 1. The summed E-state index contributed by atoms with van der Waals surface area (Å²) in [7, 11) is 0. The van der Waals surface area contributed by atoms with E-state index < -0.39 is 17.6 Å². The Labute approximate surface area is 127 Å². The third-order valence-electron chi connectivity index (χ3n) is 3.11. The van der Waals surface area contributed by atoms with Crippen LogP contribution in [0.1, 0.15) is 22.3 Å². The highest BCUT2D eigenvalue weighted by molar-refractivity contribution is 9.10. The summed E-state index contributed by atoms with van der Waals surface area (Å²) in [5, 5.41) is 2.71. The SMILES string of the molecule is O=C(NCC1CCSC1)c1cc(C(F)(F)F)ccc1Br. The maximum atomic E-state index is 12.6. The molecule has 20 heavy (non-hydrogen) atoms. The Morgan fingerprint density at radius 3 is 2.80 bits per heavy atom. The minimum Gasteiger partial charge on any atom is -0.352 e. The fourth-order valence-electron chi connectivity index (χ4n) is 1.95. The third kappa shape index (κ3) is 3.91. The van der Waals surface area contributed by atoms with Crippen molar-refractivity contribution in [3.05, 3.63) is 33.8 Å². The van der Waals surface area contributed by atoms with Gasteiger partial charge in [-0.1, -0.05) is 0 Å². The molecule has 1 saturated heterocycles. The topological polar surface area (TPSA) is 29.1 Å². The molecule has 0 bridgehead atoms. The summed E-state index contributed by atoms with van der Waals surface area (Å²) in [6.07, 6.45) is -3.41. The molecule has 1 N–H and O–H groups in total. The number of halogens is 4. The molecule has 0 radical (unpaired) electrons. The van der Waals surface area contributed by atoms with Crippen molar-refractivity contribution in [1.82, 2.24) is 5.32 Å². The summed E-state index contributed by atoms with van der Waals surface area (Å²) in [5.41, 5.74) is -0.798. The van der Waals surface area contributed by atoms with Gasteiger partial charge in [0, 0.05) is 11.0 Å². The van der Waals surface area contributed by atoms with E-state index in [-0.39, 0.29) is 5.56 Å². The second-order valence-corrected chi connectivity index (χ2v) is 6.64. The van der Waals surface area contributed by atoms with Crippen LogP contribution in [0, 0.1) is 5.92 Å². The molecule has 1 heterocycles. The molecule has 1 fully saturated rings. The van der Waals surface area contributed by atoms with Crippen molar-refractivity contribution < 1.29 is 18.0 Å². The zero-order valence-corrected chi connectivity index (χ0v) is 12.9. The maximum absolute atomic E-state index is 12.6. The summed E-state index contributed by atoms with van der Waals surface area (Å²) < 4.78 is 38.3. The van der Waals surface area contributed by atoms with Crippen LogP contribution in [0.15, 0.2) is 22.7 Å². The quantitative estimate of drug-likeness (QED) is 0.876. The molecule has 1 atom stereocenters. The number of carbonyl (C=O) groups is 1. The highest BCUT2D eigenvalue weighted by Gasteiger charge is 2.31.